The van der Waals surface area contributed by atoms with Gasteiger partial charge in [0.05, 0.1) is 11.6 Å². The van der Waals surface area contributed by atoms with Crippen LogP contribution in [0.4, 0.5) is 23.2 Å². The molecule has 0 radical (unpaired) electrons. The van der Waals surface area contributed by atoms with E-state index in [0.29, 0.717) is 17.9 Å². The molecule has 8 nitrogen and oxygen atoms in total. The number of hydrogen-bond donors (Lipinski definition) is 4. The van der Waals surface area contributed by atoms with Gasteiger partial charge in [0.1, 0.15) is 23.1 Å². The average Bonchev–Trinajstić information content (AvgIpc) is 3.28. The third-order valence-electron chi connectivity index (χ3n) is 5.34. The summed E-state index contributed by atoms with van der Waals surface area (Å²) < 4.78 is 85.5. The maximum atomic E-state index is 13.9. The van der Waals surface area contributed by atoms with E-state index in [0.717, 1.165) is 12.1 Å². The molecule has 13 heteroatoms. The van der Waals surface area contributed by atoms with Crippen molar-refractivity contribution in [3.8, 4) is 5.75 Å². The summed E-state index contributed by atoms with van der Waals surface area (Å²) in [5.41, 5.74) is -0.217. The number of aromatic nitrogens is 2. The third-order valence-corrected chi connectivity index (χ3v) is 6.75. The van der Waals surface area contributed by atoms with Crippen LogP contribution in [0, 0.1) is 5.82 Å². The van der Waals surface area contributed by atoms with Gasteiger partial charge in [-0.3, -0.25) is 9.82 Å². The average molecular weight is 539 g/mol. The number of halogens is 4. The molecule has 0 aliphatic heterocycles. The second-order valence-electron chi connectivity index (χ2n) is 8.01. The molecule has 1 heterocycles. The predicted molar refractivity (Wildman–Crippen MR) is 128 cm³/mol. The highest BCUT2D eigenvalue weighted by Crippen LogP contribution is 2.34. The zero-order chi connectivity index (χ0) is 26.6. The molecule has 1 atom stereocenters. The summed E-state index contributed by atoms with van der Waals surface area (Å²) in [5.74, 6) is -0.532. The Labute approximate surface area is 209 Å². The molecule has 0 aliphatic rings. The SMILES string of the molecule is O=S(=O)(Nc1cccc(C(O)CNCCOc2ccc3c(C(F)(F)F)n[nH]c3c2)c1)c1ccccc1F. The van der Waals surface area contributed by atoms with Gasteiger partial charge in [-0.15, -0.1) is 0 Å². The molecule has 37 heavy (non-hydrogen) atoms. The summed E-state index contributed by atoms with van der Waals surface area (Å²) in [6.45, 7) is 0.591. The highest BCUT2D eigenvalue weighted by Gasteiger charge is 2.35. The van der Waals surface area contributed by atoms with Crippen LogP contribution in [0.2, 0.25) is 0 Å². The van der Waals surface area contributed by atoms with Crippen LogP contribution in [0.5, 0.6) is 5.75 Å². The number of nitrogens with zero attached hydrogens (tertiary/aromatic N) is 1. The standard InChI is InChI=1S/C24H22F4N4O4S/c25-19-6-1-2-7-22(19)37(34,35)32-16-5-3-4-15(12-16)21(33)14-29-10-11-36-17-8-9-18-20(13-17)30-31-23(18)24(26,27)28/h1-9,12-13,21,29,32-33H,10-11,14H2,(H,30,31). The molecule has 0 saturated carbocycles. The number of anilines is 1. The number of benzene rings is 3. The summed E-state index contributed by atoms with van der Waals surface area (Å²) in [6, 6.07) is 15.2. The van der Waals surface area contributed by atoms with Gasteiger partial charge < -0.3 is 15.2 Å². The van der Waals surface area contributed by atoms with Crippen LogP contribution in [0.15, 0.2) is 71.6 Å². The predicted octanol–water partition coefficient (Wildman–Crippen LogP) is 4.22. The van der Waals surface area contributed by atoms with Crippen LogP contribution in [0.3, 0.4) is 0 Å². The Morgan fingerprint density at radius 1 is 1.05 bits per heavy atom. The lowest BCUT2D eigenvalue weighted by molar-refractivity contribution is -0.139. The molecule has 0 spiro atoms. The van der Waals surface area contributed by atoms with Gasteiger partial charge in [-0.2, -0.15) is 18.3 Å². The van der Waals surface area contributed by atoms with E-state index in [-0.39, 0.29) is 29.7 Å². The molecule has 1 unspecified atom stereocenters. The molecule has 196 valence electrons. The highest BCUT2D eigenvalue weighted by atomic mass is 32.2. The van der Waals surface area contributed by atoms with Crippen LogP contribution < -0.4 is 14.8 Å². The van der Waals surface area contributed by atoms with E-state index in [1.165, 1.54) is 42.5 Å². The third kappa shape index (κ3) is 6.37. The van der Waals surface area contributed by atoms with Gasteiger partial charge >= 0.3 is 6.18 Å². The van der Waals surface area contributed by atoms with Crippen molar-refractivity contribution in [2.24, 2.45) is 0 Å². The second kappa shape index (κ2) is 10.7. The van der Waals surface area contributed by atoms with E-state index in [1.807, 2.05) is 0 Å². The highest BCUT2D eigenvalue weighted by molar-refractivity contribution is 7.92. The van der Waals surface area contributed by atoms with Crippen molar-refractivity contribution in [3.05, 3.63) is 83.8 Å². The summed E-state index contributed by atoms with van der Waals surface area (Å²) in [5, 5.41) is 19.0. The molecule has 4 N–H and O–H groups in total. The first kappa shape index (κ1) is 26.4. The van der Waals surface area contributed by atoms with Crippen molar-refractivity contribution < 1.29 is 35.8 Å². The van der Waals surface area contributed by atoms with Crippen LogP contribution in [0.1, 0.15) is 17.4 Å². The number of aromatic amines is 1. The normalized spacial score (nSPS) is 13.0. The Bertz CT molecular complexity index is 1490. The first-order valence-electron chi connectivity index (χ1n) is 11.0. The van der Waals surface area contributed by atoms with Gasteiger partial charge in [0, 0.05) is 30.2 Å². The molecule has 3 aromatic carbocycles. The minimum Gasteiger partial charge on any atom is -0.492 e. The van der Waals surface area contributed by atoms with Gasteiger partial charge in [0.2, 0.25) is 0 Å². The number of rotatable bonds is 10. The molecule has 0 fully saturated rings. The molecule has 0 bridgehead atoms. The summed E-state index contributed by atoms with van der Waals surface area (Å²) >= 11 is 0. The van der Waals surface area contributed by atoms with Gasteiger partial charge in [0.25, 0.3) is 10.0 Å². The molecule has 1 aromatic heterocycles. The number of nitrogens with one attached hydrogen (secondary N) is 3. The Morgan fingerprint density at radius 3 is 2.59 bits per heavy atom. The lowest BCUT2D eigenvalue weighted by Crippen LogP contribution is -2.26. The summed E-state index contributed by atoms with van der Waals surface area (Å²) in [7, 11) is -4.16. The fraction of sp³-hybridized carbons (Fsp3) is 0.208. The molecular weight excluding hydrogens is 516 g/mol. The van der Waals surface area contributed by atoms with Gasteiger partial charge in [-0.25, -0.2) is 12.8 Å². The Morgan fingerprint density at radius 2 is 1.84 bits per heavy atom. The second-order valence-corrected chi connectivity index (χ2v) is 9.66. The zero-order valence-corrected chi connectivity index (χ0v) is 19.9. The Kier molecular flexibility index (Phi) is 7.66. The Balaban J connectivity index is 1.28. The summed E-state index contributed by atoms with van der Waals surface area (Å²) in [6.07, 6.45) is -5.55. The molecule has 0 amide bonds. The number of sulfonamides is 1. The quantitative estimate of drug-likeness (QED) is 0.178. The van der Waals surface area contributed by atoms with Crippen LogP contribution in [0.25, 0.3) is 10.9 Å². The minimum absolute atomic E-state index is 0.0560. The summed E-state index contributed by atoms with van der Waals surface area (Å²) in [4.78, 5) is -0.491. The van der Waals surface area contributed by atoms with Crippen molar-refractivity contribution in [2.45, 2.75) is 17.2 Å². The monoisotopic (exact) mass is 538 g/mol. The van der Waals surface area contributed by atoms with Crippen molar-refractivity contribution in [2.75, 3.05) is 24.4 Å². The van der Waals surface area contributed by atoms with E-state index in [1.54, 1.807) is 12.1 Å². The van der Waals surface area contributed by atoms with Gasteiger partial charge in [0.15, 0.2) is 5.69 Å². The van der Waals surface area contributed by atoms with E-state index in [4.69, 9.17) is 4.74 Å². The maximum absolute atomic E-state index is 13.9. The smallest absolute Gasteiger partial charge is 0.435 e. The topological polar surface area (TPSA) is 116 Å². The van der Waals surface area contributed by atoms with Crippen molar-refractivity contribution in [1.29, 1.82) is 0 Å². The molecule has 0 saturated heterocycles. The number of aliphatic hydroxyl groups is 1. The molecule has 0 aliphatic carbocycles. The fourth-order valence-corrected chi connectivity index (χ4v) is 4.71. The lowest BCUT2D eigenvalue weighted by Gasteiger charge is -2.15. The number of hydrogen-bond acceptors (Lipinski definition) is 6. The number of alkyl halides is 3. The van der Waals surface area contributed by atoms with E-state index >= 15 is 0 Å². The fourth-order valence-electron chi connectivity index (χ4n) is 3.58. The molecule has 4 rings (SSSR count). The number of aliphatic hydroxyl groups excluding tert-OH is 1. The lowest BCUT2D eigenvalue weighted by atomic mass is 10.1. The van der Waals surface area contributed by atoms with E-state index in [9.17, 15) is 31.1 Å². The van der Waals surface area contributed by atoms with Crippen molar-refractivity contribution in [3.63, 3.8) is 0 Å². The number of ether oxygens (including phenoxy) is 1. The molecular formula is C24H22F4N4O4S. The Hall–Kier alpha value is -3.68. The van der Waals surface area contributed by atoms with Crippen molar-refractivity contribution >= 4 is 26.6 Å². The number of H-pyrrole nitrogens is 1. The first-order valence-corrected chi connectivity index (χ1v) is 12.5. The minimum atomic E-state index is -4.56. The van der Waals surface area contributed by atoms with Crippen molar-refractivity contribution in [1.82, 2.24) is 15.5 Å². The zero-order valence-electron chi connectivity index (χ0n) is 19.1. The maximum Gasteiger partial charge on any atom is 0.435 e. The van der Waals surface area contributed by atoms with Crippen LogP contribution in [-0.2, 0) is 16.2 Å². The van der Waals surface area contributed by atoms with Gasteiger partial charge in [-0.05, 0) is 42.0 Å². The molecule has 4 aromatic rings. The van der Waals surface area contributed by atoms with Crippen LogP contribution >= 0.6 is 0 Å². The van der Waals surface area contributed by atoms with Crippen LogP contribution in [-0.4, -0.2) is 43.4 Å². The van der Waals surface area contributed by atoms with E-state index in [2.05, 4.69) is 20.2 Å². The van der Waals surface area contributed by atoms with Gasteiger partial charge in [-0.1, -0.05) is 24.3 Å². The largest absolute Gasteiger partial charge is 0.492 e. The number of fused-ring (bicyclic) bond motifs is 1. The first-order chi connectivity index (χ1) is 17.5. The van der Waals surface area contributed by atoms with E-state index < -0.39 is 38.7 Å².